The van der Waals surface area contributed by atoms with E-state index in [0.717, 1.165) is 25.2 Å². The molecule has 1 aromatic heterocycles. The maximum atomic E-state index is 14.1. The van der Waals surface area contributed by atoms with Crippen molar-refractivity contribution in [2.75, 3.05) is 26.2 Å². The number of alkyl halides is 3. The van der Waals surface area contributed by atoms with E-state index in [4.69, 9.17) is 49.0 Å². The van der Waals surface area contributed by atoms with Crippen molar-refractivity contribution in [3.63, 3.8) is 0 Å². The summed E-state index contributed by atoms with van der Waals surface area (Å²) in [6.45, 7) is 5.59. The van der Waals surface area contributed by atoms with Crippen LogP contribution in [0.4, 0.5) is 0 Å². The number of thiophene rings is 1. The van der Waals surface area contributed by atoms with Gasteiger partial charge >= 0.3 is 11.9 Å². The minimum Gasteiger partial charge on any atom is -0.492 e. The number of hydrogen-bond acceptors (Lipinski definition) is 8. The molecule has 0 aliphatic carbocycles. The second kappa shape index (κ2) is 15.0. The van der Waals surface area contributed by atoms with Crippen LogP contribution in [0.25, 0.3) is 20.5 Å². The molecule has 1 aliphatic heterocycles. The summed E-state index contributed by atoms with van der Waals surface area (Å²) in [6, 6.07) is 19.1. The lowest BCUT2D eigenvalue weighted by Crippen LogP contribution is -2.33. The van der Waals surface area contributed by atoms with E-state index in [1.54, 1.807) is 54.6 Å². The van der Waals surface area contributed by atoms with Crippen LogP contribution < -0.4 is 14.2 Å². The molecule has 5 rings (SSSR count). The van der Waals surface area contributed by atoms with Gasteiger partial charge < -0.3 is 14.2 Å². The van der Waals surface area contributed by atoms with E-state index < -0.39 is 9.76 Å². The lowest BCUT2D eigenvalue weighted by Gasteiger charge is -2.26. The Kier molecular flexibility index (Phi) is 11.1. The summed E-state index contributed by atoms with van der Waals surface area (Å²) >= 11 is 18.4. The molecule has 0 unspecified atom stereocenters. The first kappa shape index (κ1) is 33.2. The fourth-order valence-corrected chi connectivity index (χ4v) is 6.47. The third-order valence-corrected chi connectivity index (χ3v) is 9.04. The Balaban J connectivity index is 1.42. The van der Waals surface area contributed by atoms with Crippen LogP contribution >= 0.6 is 46.1 Å². The summed E-state index contributed by atoms with van der Waals surface area (Å²) in [6.07, 6.45) is 4.76. The van der Waals surface area contributed by atoms with Gasteiger partial charge in [0.25, 0.3) is 3.79 Å². The Labute approximate surface area is 280 Å². The zero-order chi connectivity index (χ0) is 32.0. The summed E-state index contributed by atoms with van der Waals surface area (Å²) in [7, 11) is 0. The Bertz CT molecular complexity index is 1660. The van der Waals surface area contributed by atoms with Crippen LogP contribution in [0.3, 0.4) is 0 Å². The smallest absolute Gasteiger partial charge is 0.363 e. The van der Waals surface area contributed by atoms with Gasteiger partial charge in [0.1, 0.15) is 23.9 Å². The van der Waals surface area contributed by atoms with Gasteiger partial charge in [-0.05, 0) is 105 Å². The average molecular weight is 689 g/mol. The number of carbonyl (C=O) groups excluding carboxylic acids is 3. The number of benzene rings is 3. The zero-order valence-corrected chi connectivity index (χ0v) is 27.7. The monoisotopic (exact) mass is 687 g/mol. The fourth-order valence-electron chi connectivity index (χ4n) is 5.12. The summed E-state index contributed by atoms with van der Waals surface area (Å²) in [5, 5.41) is 0.675. The molecule has 0 N–H and O–H groups in total. The first-order valence-electron chi connectivity index (χ1n) is 14.8. The molecule has 7 nitrogen and oxygen atoms in total. The lowest BCUT2D eigenvalue weighted by atomic mass is 9.97. The quantitative estimate of drug-likeness (QED) is 0.0675. The molecule has 1 fully saturated rings. The van der Waals surface area contributed by atoms with E-state index in [9.17, 15) is 14.4 Å². The van der Waals surface area contributed by atoms with E-state index in [0.29, 0.717) is 57.0 Å². The number of ether oxygens (including phenoxy) is 3. The number of carbonyl (C=O) groups is 3. The van der Waals surface area contributed by atoms with E-state index in [-0.39, 0.29) is 17.5 Å². The predicted octanol–water partition coefficient (Wildman–Crippen LogP) is 8.65. The number of nitrogens with zero attached hydrogens (tertiary/aromatic N) is 1. The van der Waals surface area contributed by atoms with Gasteiger partial charge in [-0.25, -0.2) is 4.79 Å². The first-order valence-corrected chi connectivity index (χ1v) is 16.7. The number of ketones is 1. The predicted molar refractivity (Wildman–Crippen MR) is 179 cm³/mol. The van der Waals surface area contributed by atoms with Gasteiger partial charge in [0.15, 0.2) is 5.78 Å². The number of rotatable bonds is 11. The van der Waals surface area contributed by atoms with Crippen molar-refractivity contribution in [1.82, 2.24) is 4.90 Å². The van der Waals surface area contributed by atoms with Gasteiger partial charge in [-0.2, -0.15) is 0 Å². The highest BCUT2D eigenvalue weighted by atomic mass is 35.6. The van der Waals surface area contributed by atoms with Crippen LogP contribution in [-0.4, -0.2) is 52.7 Å². The van der Waals surface area contributed by atoms with E-state index in [2.05, 4.69) is 4.90 Å². The van der Waals surface area contributed by atoms with Crippen LogP contribution in [0.15, 0.2) is 66.7 Å². The standard InChI is InChI=1S/C34H32Cl3NO6S/c1-2-6-29(39)43-25-13-9-23(10-14-25)32-30(27-16-15-26(21-28(27)45-32)44-33(41)34(35,36)37)31(40)22-7-11-24(12-8-22)42-20-19-38-17-4-3-5-18-38/h7-16,21H,2-6,17-20H2,1H3. The zero-order valence-electron chi connectivity index (χ0n) is 24.7. The molecule has 45 heavy (non-hydrogen) atoms. The number of halogens is 3. The van der Waals surface area contributed by atoms with Crippen molar-refractivity contribution in [2.24, 2.45) is 0 Å². The molecule has 236 valence electrons. The van der Waals surface area contributed by atoms with Crippen molar-refractivity contribution in [1.29, 1.82) is 0 Å². The first-order chi connectivity index (χ1) is 21.6. The third-order valence-electron chi connectivity index (χ3n) is 7.37. The molecule has 11 heteroatoms. The molecule has 1 saturated heterocycles. The molecule has 2 heterocycles. The Morgan fingerprint density at radius 3 is 2.18 bits per heavy atom. The minimum atomic E-state index is -2.23. The summed E-state index contributed by atoms with van der Waals surface area (Å²) < 4.78 is 15.1. The lowest BCUT2D eigenvalue weighted by molar-refractivity contribution is -0.134. The third kappa shape index (κ3) is 8.57. The molecular formula is C34H32Cl3NO6S. The highest BCUT2D eigenvalue weighted by Crippen LogP contribution is 2.42. The van der Waals surface area contributed by atoms with Crippen molar-refractivity contribution >= 4 is 73.9 Å². The molecule has 0 amide bonds. The highest BCUT2D eigenvalue weighted by molar-refractivity contribution is 7.22. The fraction of sp³-hybridized carbons (Fsp3) is 0.324. The van der Waals surface area contributed by atoms with Gasteiger partial charge in [0.2, 0.25) is 0 Å². The number of hydrogen-bond donors (Lipinski definition) is 0. The largest absolute Gasteiger partial charge is 0.492 e. The minimum absolute atomic E-state index is 0.176. The van der Waals surface area contributed by atoms with Crippen LogP contribution in [0.2, 0.25) is 0 Å². The molecule has 0 bridgehead atoms. The number of piperidine rings is 1. The van der Waals surface area contributed by atoms with Crippen LogP contribution in [0, 0.1) is 0 Å². The summed E-state index contributed by atoms with van der Waals surface area (Å²) in [5.41, 5.74) is 1.74. The normalized spacial score (nSPS) is 13.9. The molecule has 4 aromatic rings. The maximum absolute atomic E-state index is 14.1. The van der Waals surface area contributed by atoms with Gasteiger partial charge in [0, 0.05) is 39.1 Å². The maximum Gasteiger partial charge on any atom is 0.363 e. The topological polar surface area (TPSA) is 82.1 Å². The molecule has 1 aliphatic rings. The average Bonchev–Trinajstić information content (AvgIpc) is 3.40. The molecule has 0 radical (unpaired) electrons. The van der Waals surface area contributed by atoms with Gasteiger partial charge in [-0.15, -0.1) is 11.3 Å². The van der Waals surface area contributed by atoms with Crippen LogP contribution in [-0.2, 0) is 9.59 Å². The number of likely N-dealkylation sites (tertiary alicyclic amines) is 1. The second-order valence-corrected chi connectivity index (χ2v) is 14.0. The molecular weight excluding hydrogens is 657 g/mol. The van der Waals surface area contributed by atoms with Crippen molar-refractivity contribution in [3.8, 4) is 27.7 Å². The molecule has 0 spiro atoms. The van der Waals surface area contributed by atoms with Crippen molar-refractivity contribution in [2.45, 2.75) is 42.8 Å². The Morgan fingerprint density at radius 2 is 1.51 bits per heavy atom. The van der Waals surface area contributed by atoms with E-state index in [1.807, 2.05) is 19.1 Å². The van der Waals surface area contributed by atoms with Gasteiger partial charge in [0.05, 0.1) is 0 Å². The SMILES string of the molecule is CCCC(=O)Oc1ccc(-c2sc3cc(OC(=O)C(Cl)(Cl)Cl)ccc3c2C(=O)c2ccc(OCCN3CCCCC3)cc2)cc1. The summed E-state index contributed by atoms with van der Waals surface area (Å²) in [4.78, 5) is 41.3. The Hall–Kier alpha value is -3.14. The highest BCUT2D eigenvalue weighted by Gasteiger charge is 2.33. The van der Waals surface area contributed by atoms with Crippen molar-refractivity contribution in [3.05, 3.63) is 77.9 Å². The van der Waals surface area contributed by atoms with Crippen LogP contribution in [0.1, 0.15) is 54.9 Å². The second-order valence-electron chi connectivity index (χ2n) is 10.7. The van der Waals surface area contributed by atoms with Gasteiger partial charge in [-0.1, -0.05) is 48.1 Å². The van der Waals surface area contributed by atoms with E-state index in [1.165, 1.54) is 30.6 Å². The van der Waals surface area contributed by atoms with Gasteiger partial charge in [-0.3, -0.25) is 14.5 Å². The summed E-state index contributed by atoms with van der Waals surface area (Å²) in [5.74, 6) is -0.226. The molecule has 0 saturated carbocycles. The van der Waals surface area contributed by atoms with Crippen molar-refractivity contribution < 1.29 is 28.6 Å². The number of esters is 2. The number of fused-ring (bicyclic) bond motifs is 1. The van der Waals surface area contributed by atoms with Crippen LogP contribution in [0.5, 0.6) is 17.2 Å². The Morgan fingerprint density at radius 1 is 0.844 bits per heavy atom. The van der Waals surface area contributed by atoms with E-state index >= 15 is 0 Å². The molecule has 3 aromatic carbocycles. The molecule has 0 atom stereocenters.